The molecule has 2 aliphatic carbocycles. The Kier molecular flexibility index (Phi) is 7.30. The van der Waals surface area contributed by atoms with E-state index in [9.17, 15) is 0 Å². The van der Waals surface area contributed by atoms with E-state index in [1.165, 1.54) is 70.5 Å². The number of benzene rings is 7. The van der Waals surface area contributed by atoms with Gasteiger partial charge in [0.2, 0.25) is 0 Å². The van der Waals surface area contributed by atoms with Gasteiger partial charge < -0.3 is 4.90 Å². The molecule has 0 radical (unpaired) electrons. The lowest BCUT2D eigenvalue weighted by atomic mass is 9.67. The molecule has 0 amide bonds. The summed E-state index contributed by atoms with van der Waals surface area (Å²) >= 11 is 1.94. The fourth-order valence-electron chi connectivity index (χ4n) is 9.59. The third kappa shape index (κ3) is 4.54. The summed E-state index contributed by atoms with van der Waals surface area (Å²) in [6.07, 6.45) is 6.75. The van der Waals surface area contributed by atoms with Gasteiger partial charge in [-0.25, -0.2) is 0 Å². The topological polar surface area (TPSA) is 3.24 Å². The molecule has 8 aromatic rings. The third-order valence-corrected chi connectivity index (χ3v) is 13.1. The van der Waals surface area contributed by atoms with Crippen molar-refractivity contribution >= 4 is 42.9 Å². The summed E-state index contributed by atoms with van der Waals surface area (Å²) in [4.78, 5) is 2.63. The standard InChI is InChI=1S/C50H39NS/c1-49(33-16-15-27-43(49)35-18-5-2-6-19-35)51(37-22-9-4-10-23-37)38-31-32-47-42(34-38)41-26-17-30-46(48(41)52-47)50(36-20-7-3-8-21-36)44-28-13-11-24-39(44)40-25-12-14-29-45(40)50/h2-26,28-32,34,43H,27,33H2,1H3. The second-order valence-electron chi connectivity index (χ2n) is 14.6. The second-order valence-corrected chi connectivity index (χ2v) is 15.6. The number of nitrogens with zero attached hydrogens (tertiary/aromatic N) is 1. The van der Waals surface area contributed by atoms with E-state index in [1.807, 2.05) is 11.3 Å². The Balaban J connectivity index is 1.21. The average molecular weight is 686 g/mol. The van der Waals surface area contributed by atoms with Gasteiger partial charge in [-0.15, -0.1) is 11.3 Å². The number of hydrogen-bond acceptors (Lipinski definition) is 2. The lowest BCUT2D eigenvalue weighted by Crippen LogP contribution is -2.49. The molecule has 0 N–H and O–H groups in total. The monoisotopic (exact) mass is 685 g/mol. The Morgan fingerprint density at radius 2 is 1.15 bits per heavy atom. The molecule has 2 heteroatoms. The van der Waals surface area contributed by atoms with Crippen LogP contribution < -0.4 is 4.90 Å². The highest BCUT2D eigenvalue weighted by Gasteiger charge is 2.47. The maximum absolute atomic E-state index is 2.63. The Morgan fingerprint density at radius 3 is 1.87 bits per heavy atom. The smallest absolute Gasteiger partial charge is 0.0727 e. The minimum Gasteiger partial charge on any atom is -0.335 e. The Bertz CT molecular complexity index is 2560. The molecule has 1 aromatic heterocycles. The van der Waals surface area contributed by atoms with Crippen LogP contribution in [0.4, 0.5) is 11.4 Å². The van der Waals surface area contributed by atoms with E-state index in [-0.39, 0.29) is 5.54 Å². The predicted octanol–water partition coefficient (Wildman–Crippen LogP) is 13.4. The van der Waals surface area contributed by atoms with Gasteiger partial charge in [0.1, 0.15) is 0 Å². The Morgan fingerprint density at radius 1 is 0.538 bits per heavy atom. The summed E-state index contributed by atoms with van der Waals surface area (Å²) in [6.45, 7) is 2.47. The molecule has 1 nitrogen and oxygen atoms in total. The highest BCUT2D eigenvalue weighted by atomic mass is 32.1. The van der Waals surface area contributed by atoms with E-state index in [1.54, 1.807) is 0 Å². The van der Waals surface area contributed by atoms with E-state index in [0.29, 0.717) is 5.92 Å². The van der Waals surface area contributed by atoms with Crippen LogP contribution >= 0.6 is 11.3 Å². The van der Waals surface area contributed by atoms with Gasteiger partial charge >= 0.3 is 0 Å². The van der Waals surface area contributed by atoms with Crippen LogP contribution in [-0.2, 0) is 5.41 Å². The zero-order valence-electron chi connectivity index (χ0n) is 29.2. The van der Waals surface area contributed by atoms with Crippen molar-refractivity contribution in [2.75, 3.05) is 4.90 Å². The largest absolute Gasteiger partial charge is 0.335 e. The molecule has 0 fully saturated rings. The number of thiophene rings is 1. The van der Waals surface area contributed by atoms with Crippen molar-refractivity contribution < 1.29 is 0 Å². The van der Waals surface area contributed by atoms with E-state index in [0.717, 1.165) is 12.8 Å². The summed E-state index contributed by atoms with van der Waals surface area (Å²) in [5, 5.41) is 2.63. The van der Waals surface area contributed by atoms with Crippen molar-refractivity contribution in [3.05, 3.63) is 216 Å². The van der Waals surface area contributed by atoms with Crippen LogP contribution in [0.2, 0.25) is 0 Å². The molecule has 0 spiro atoms. The van der Waals surface area contributed by atoms with Crippen molar-refractivity contribution in [1.82, 2.24) is 0 Å². The maximum Gasteiger partial charge on any atom is 0.0727 e. The van der Waals surface area contributed by atoms with Gasteiger partial charge in [-0.2, -0.15) is 0 Å². The zero-order valence-corrected chi connectivity index (χ0v) is 30.1. The minimum atomic E-state index is -0.432. The molecular formula is C50H39NS. The van der Waals surface area contributed by atoms with Gasteiger partial charge in [0.15, 0.2) is 0 Å². The van der Waals surface area contributed by atoms with Crippen molar-refractivity contribution in [3.63, 3.8) is 0 Å². The summed E-state index contributed by atoms with van der Waals surface area (Å²) < 4.78 is 2.67. The average Bonchev–Trinajstić information content (AvgIpc) is 3.73. The predicted molar refractivity (Wildman–Crippen MR) is 221 cm³/mol. The number of fused-ring (bicyclic) bond motifs is 6. The quantitative estimate of drug-likeness (QED) is 0.158. The van der Waals surface area contributed by atoms with Gasteiger partial charge in [-0.3, -0.25) is 0 Å². The van der Waals surface area contributed by atoms with Crippen LogP contribution in [0, 0.1) is 0 Å². The number of rotatable bonds is 6. The minimum absolute atomic E-state index is 0.170. The molecule has 250 valence electrons. The normalized spacial score (nSPS) is 18.7. The van der Waals surface area contributed by atoms with E-state index in [2.05, 4.69) is 200 Å². The molecule has 0 saturated carbocycles. The molecule has 0 bridgehead atoms. The molecule has 10 rings (SSSR count). The van der Waals surface area contributed by atoms with Crippen LogP contribution in [0.25, 0.3) is 31.3 Å². The molecule has 0 aliphatic heterocycles. The van der Waals surface area contributed by atoms with Crippen LogP contribution in [0.3, 0.4) is 0 Å². The van der Waals surface area contributed by atoms with E-state index < -0.39 is 5.41 Å². The summed E-state index contributed by atoms with van der Waals surface area (Å²) in [5.41, 5.74) is 11.3. The Hall–Kier alpha value is -5.70. The van der Waals surface area contributed by atoms with Gasteiger partial charge in [0.25, 0.3) is 0 Å². The van der Waals surface area contributed by atoms with Gasteiger partial charge in [-0.05, 0) is 89.0 Å². The van der Waals surface area contributed by atoms with Gasteiger partial charge in [-0.1, -0.05) is 158 Å². The van der Waals surface area contributed by atoms with Crippen molar-refractivity contribution in [2.45, 2.75) is 36.6 Å². The van der Waals surface area contributed by atoms with Crippen LogP contribution in [0.1, 0.15) is 53.5 Å². The van der Waals surface area contributed by atoms with Crippen molar-refractivity contribution in [3.8, 4) is 11.1 Å². The first-order chi connectivity index (χ1) is 25.7. The first-order valence-corrected chi connectivity index (χ1v) is 19.3. The summed E-state index contributed by atoms with van der Waals surface area (Å²) in [7, 11) is 0. The molecule has 7 aromatic carbocycles. The first-order valence-electron chi connectivity index (χ1n) is 18.4. The molecule has 2 unspecified atom stereocenters. The SMILES string of the molecule is CC1(N(c2ccccc2)c2ccc3sc4c(C5(c6ccccc6)c6ccccc6-c6ccccc65)cccc4c3c2)CC=CCC1c1ccccc1. The second kappa shape index (κ2) is 12.2. The first kappa shape index (κ1) is 31.1. The molecule has 2 atom stereocenters. The van der Waals surface area contributed by atoms with Crippen molar-refractivity contribution in [2.24, 2.45) is 0 Å². The zero-order chi connectivity index (χ0) is 34.7. The molecule has 1 heterocycles. The fourth-order valence-corrected chi connectivity index (χ4v) is 10.8. The number of anilines is 2. The fraction of sp³-hybridized carbons (Fsp3) is 0.120. The summed E-state index contributed by atoms with van der Waals surface area (Å²) in [5.74, 6) is 0.341. The third-order valence-electron chi connectivity index (χ3n) is 11.8. The van der Waals surface area contributed by atoms with E-state index >= 15 is 0 Å². The van der Waals surface area contributed by atoms with Crippen LogP contribution in [0.15, 0.2) is 188 Å². The van der Waals surface area contributed by atoms with Crippen LogP contribution in [0.5, 0.6) is 0 Å². The Labute approximate surface area is 310 Å². The molecular weight excluding hydrogens is 647 g/mol. The van der Waals surface area contributed by atoms with Gasteiger partial charge in [0.05, 0.1) is 11.0 Å². The maximum atomic E-state index is 2.63. The van der Waals surface area contributed by atoms with Gasteiger partial charge in [0, 0.05) is 37.5 Å². The lowest BCUT2D eigenvalue weighted by Gasteiger charge is -2.49. The highest BCUT2D eigenvalue weighted by molar-refractivity contribution is 7.26. The van der Waals surface area contributed by atoms with Crippen molar-refractivity contribution in [1.29, 1.82) is 0 Å². The molecule has 0 saturated heterocycles. The van der Waals surface area contributed by atoms with E-state index in [4.69, 9.17) is 0 Å². The molecule has 52 heavy (non-hydrogen) atoms. The molecule has 2 aliphatic rings. The number of hydrogen-bond donors (Lipinski definition) is 0. The lowest BCUT2D eigenvalue weighted by molar-refractivity contribution is 0.360. The number of allylic oxidation sites excluding steroid dienone is 1. The van der Waals surface area contributed by atoms with Crippen LogP contribution in [-0.4, -0.2) is 5.54 Å². The summed E-state index contributed by atoms with van der Waals surface area (Å²) in [6, 6.07) is 65.6. The number of para-hydroxylation sites is 1. The highest BCUT2D eigenvalue weighted by Crippen LogP contribution is 2.58.